The fraction of sp³-hybridized carbons (Fsp3) is 0.385. The average molecular weight is 461 g/mol. The molecule has 8 nitrogen and oxygen atoms in total. The largest absolute Gasteiger partial charge is 0.494 e. The number of aryl methyl sites for hydroxylation is 1. The predicted molar refractivity (Wildman–Crippen MR) is 134 cm³/mol. The molecule has 0 bridgehead atoms. The number of carbonyl (C=O) groups excluding carboxylic acids is 1. The lowest BCUT2D eigenvalue weighted by atomic mass is 10.1. The van der Waals surface area contributed by atoms with E-state index in [1.54, 1.807) is 6.20 Å². The minimum absolute atomic E-state index is 0.0496. The lowest BCUT2D eigenvalue weighted by Gasteiger charge is -2.35. The van der Waals surface area contributed by atoms with Gasteiger partial charge in [-0.1, -0.05) is 25.8 Å². The summed E-state index contributed by atoms with van der Waals surface area (Å²) >= 11 is 0. The first-order valence-electron chi connectivity index (χ1n) is 11.9. The Morgan fingerprint density at radius 2 is 1.79 bits per heavy atom. The van der Waals surface area contributed by atoms with Crippen molar-refractivity contribution in [3.8, 4) is 5.75 Å². The third-order valence-electron chi connectivity index (χ3n) is 5.75. The van der Waals surface area contributed by atoms with Crippen molar-refractivity contribution in [2.24, 2.45) is 0 Å². The molecule has 3 aromatic rings. The second-order valence-corrected chi connectivity index (χ2v) is 8.36. The zero-order chi connectivity index (χ0) is 23.8. The van der Waals surface area contributed by atoms with Gasteiger partial charge >= 0.3 is 0 Å². The van der Waals surface area contributed by atoms with Crippen LogP contribution in [0.15, 0.2) is 54.7 Å². The highest BCUT2D eigenvalue weighted by molar-refractivity contribution is 5.94. The molecule has 0 unspecified atom stereocenters. The maximum atomic E-state index is 13.0. The first-order chi connectivity index (χ1) is 16.6. The number of piperazine rings is 1. The molecule has 3 heterocycles. The first-order valence-corrected chi connectivity index (χ1v) is 11.9. The van der Waals surface area contributed by atoms with Gasteiger partial charge in [0, 0.05) is 44.0 Å². The highest BCUT2D eigenvalue weighted by Crippen LogP contribution is 2.21. The van der Waals surface area contributed by atoms with E-state index < -0.39 is 0 Å². The number of nitrogens with zero attached hydrogens (tertiary/aromatic N) is 5. The van der Waals surface area contributed by atoms with Crippen LogP contribution in [0.5, 0.6) is 5.75 Å². The van der Waals surface area contributed by atoms with E-state index in [1.807, 2.05) is 60.4 Å². The van der Waals surface area contributed by atoms with Gasteiger partial charge in [-0.25, -0.2) is 15.0 Å². The lowest BCUT2D eigenvalue weighted by Crippen LogP contribution is -2.49. The highest BCUT2D eigenvalue weighted by atomic mass is 16.5. The van der Waals surface area contributed by atoms with Gasteiger partial charge in [0.25, 0.3) is 5.91 Å². The molecular formula is C26H32N6O2. The summed E-state index contributed by atoms with van der Waals surface area (Å²) in [5.74, 6) is 3.84. The Hall–Kier alpha value is -3.68. The van der Waals surface area contributed by atoms with E-state index in [0.717, 1.165) is 23.8 Å². The van der Waals surface area contributed by atoms with Crippen molar-refractivity contribution in [3.05, 3.63) is 66.1 Å². The van der Waals surface area contributed by atoms with Crippen molar-refractivity contribution in [2.75, 3.05) is 43.0 Å². The SMILES string of the molecule is CCCCCOc1ccc(C(=O)N2CCN(c3cc(Nc4ccccn4)nc(C)n3)CC2)cc1. The van der Waals surface area contributed by atoms with Crippen LogP contribution in [0.25, 0.3) is 0 Å². The maximum Gasteiger partial charge on any atom is 0.253 e. The molecule has 1 aliphatic rings. The molecule has 1 N–H and O–H groups in total. The van der Waals surface area contributed by atoms with Gasteiger partial charge < -0.3 is 19.9 Å². The van der Waals surface area contributed by atoms with Crippen LogP contribution < -0.4 is 15.0 Å². The standard InChI is InChI=1S/C26H32N6O2/c1-3-4-7-18-34-22-11-9-21(10-12-22)26(33)32-16-14-31(15-17-32)25-19-24(28-20(2)29-25)30-23-8-5-6-13-27-23/h5-6,8-13,19H,3-4,7,14-18H2,1-2H3,(H,27,28,29,30). The summed E-state index contributed by atoms with van der Waals surface area (Å²) in [4.78, 5) is 30.5. The molecular weight excluding hydrogens is 428 g/mol. The zero-order valence-electron chi connectivity index (χ0n) is 19.9. The minimum atomic E-state index is 0.0496. The number of rotatable bonds is 9. The topological polar surface area (TPSA) is 83.5 Å². The Kier molecular flexibility index (Phi) is 7.91. The third kappa shape index (κ3) is 6.21. The number of anilines is 3. The first kappa shape index (κ1) is 23.5. The van der Waals surface area contributed by atoms with E-state index in [-0.39, 0.29) is 5.91 Å². The number of hydrogen-bond acceptors (Lipinski definition) is 7. The number of pyridine rings is 1. The molecule has 178 valence electrons. The fourth-order valence-electron chi connectivity index (χ4n) is 3.90. The fourth-order valence-corrected chi connectivity index (χ4v) is 3.90. The van der Waals surface area contributed by atoms with Crippen LogP contribution in [0, 0.1) is 6.92 Å². The number of amides is 1. The third-order valence-corrected chi connectivity index (χ3v) is 5.75. The highest BCUT2D eigenvalue weighted by Gasteiger charge is 2.23. The van der Waals surface area contributed by atoms with Gasteiger partial charge in [-0.3, -0.25) is 4.79 Å². The van der Waals surface area contributed by atoms with E-state index in [2.05, 4.69) is 32.1 Å². The van der Waals surface area contributed by atoms with Crippen LogP contribution in [-0.2, 0) is 0 Å². The molecule has 1 aromatic carbocycles. The Bertz CT molecular complexity index is 1070. The molecule has 8 heteroatoms. The number of aromatic nitrogens is 3. The Labute approximate surface area is 201 Å². The summed E-state index contributed by atoms with van der Waals surface area (Å²) in [6.45, 7) is 7.47. The van der Waals surface area contributed by atoms with Gasteiger partial charge in [0.15, 0.2) is 0 Å². The molecule has 4 rings (SSSR count). The van der Waals surface area contributed by atoms with Gasteiger partial charge in [-0.2, -0.15) is 0 Å². The number of nitrogens with one attached hydrogen (secondary N) is 1. The quantitative estimate of drug-likeness (QED) is 0.472. The van der Waals surface area contributed by atoms with Crippen LogP contribution in [0.4, 0.5) is 17.5 Å². The van der Waals surface area contributed by atoms with Crippen molar-refractivity contribution in [3.63, 3.8) is 0 Å². The molecule has 0 aliphatic carbocycles. The molecule has 34 heavy (non-hydrogen) atoms. The van der Waals surface area contributed by atoms with E-state index in [9.17, 15) is 4.79 Å². The van der Waals surface area contributed by atoms with Crippen molar-refractivity contribution >= 4 is 23.4 Å². The van der Waals surface area contributed by atoms with E-state index in [1.165, 1.54) is 12.8 Å². The summed E-state index contributed by atoms with van der Waals surface area (Å²) in [6, 6.07) is 15.1. The smallest absolute Gasteiger partial charge is 0.253 e. The second kappa shape index (κ2) is 11.4. The molecule has 1 aliphatic heterocycles. The van der Waals surface area contributed by atoms with Crippen molar-refractivity contribution in [2.45, 2.75) is 33.1 Å². The molecule has 1 amide bonds. The van der Waals surface area contributed by atoms with Crippen molar-refractivity contribution < 1.29 is 9.53 Å². The zero-order valence-corrected chi connectivity index (χ0v) is 19.9. The Morgan fingerprint density at radius 1 is 1.00 bits per heavy atom. The summed E-state index contributed by atoms with van der Waals surface area (Å²) in [7, 11) is 0. The second-order valence-electron chi connectivity index (χ2n) is 8.36. The van der Waals surface area contributed by atoms with Crippen molar-refractivity contribution in [1.29, 1.82) is 0 Å². The number of hydrogen-bond donors (Lipinski definition) is 1. The van der Waals surface area contributed by atoms with Crippen LogP contribution >= 0.6 is 0 Å². The number of benzene rings is 1. The van der Waals surface area contributed by atoms with Crippen LogP contribution in [0.2, 0.25) is 0 Å². The number of ether oxygens (including phenoxy) is 1. The van der Waals surface area contributed by atoms with Gasteiger partial charge in [0.2, 0.25) is 0 Å². The normalized spacial score (nSPS) is 13.6. The van der Waals surface area contributed by atoms with Crippen LogP contribution in [-0.4, -0.2) is 58.5 Å². The molecule has 0 saturated carbocycles. The maximum absolute atomic E-state index is 13.0. The van der Waals surface area contributed by atoms with Gasteiger partial charge in [-0.05, 0) is 49.7 Å². The number of unbranched alkanes of at least 4 members (excludes halogenated alkanes) is 2. The summed E-state index contributed by atoms with van der Waals surface area (Å²) in [5, 5.41) is 3.23. The minimum Gasteiger partial charge on any atom is -0.494 e. The van der Waals surface area contributed by atoms with Gasteiger partial charge in [-0.15, -0.1) is 0 Å². The summed E-state index contributed by atoms with van der Waals surface area (Å²) in [6.07, 6.45) is 5.12. The predicted octanol–water partition coefficient (Wildman–Crippen LogP) is 4.46. The van der Waals surface area contributed by atoms with Crippen molar-refractivity contribution in [1.82, 2.24) is 19.9 Å². The van der Waals surface area contributed by atoms with Crippen LogP contribution in [0.3, 0.4) is 0 Å². The molecule has 2 aromatic heterocycles. The Morgan fingerprint density at radius 3 is 2.50 bits per heavy atom. The molecule has 1 fully saturated rings. The van der Waals surface area contributed by atoms with E-state index in [0.29, 0.717) is 50.0 Å². The molecule has 0 radical (unpaired) electrons. The monoisotopic (exact) mass is 460 g/mol. The summed E-state index contributed by atoms with van der Waals surface area (Å²) < 4.78 is 5.76. The average Bonchev–Trinajstić information content (AvgIpc) is 2.87. The van der Waals surface area contributed by atoms with E-state index in [4.69, 9.17) is 4.74 Å². The molecule has 1 saturated heterocycles. The molecule has 0 atom stereocenters. The Balaban J connectivity index is 1.33. The molecule has 0 spiro atoms. The van der Waals surface area contributed by atoms with E-state index >= 15 is 0 Å². The summed E-state index contributed by atoms with van der Waals surface area (Å²) in [5.41, 5.74) is 0.689. The van der Waals surface area contributed by atoms with Crippen LogP contribution in [0.1, 0.15) is 42.4 Å². The lowest BCUT2D eigenvalue weighted by molar-refractivity contribution is 0.0746. The van der Waals surface area contributed by atoms with Gasteiger partial charge in [0.1, 0.15) is 29.0 Å². The number of carbonyl (C=O) groups is 1. The van der Waals surface area contributed by atoms with Gasteiger partial charge in [0.05, 0.1) is 6.61 Å².